The highest BCUT2D eigenvalue weighted by Crippen LogP contribution is 2.39. The summed E-state index contributed by atoms with van der Waals surface area (Å²) in [4.78, 5) is 21.9. The quantitative estimate of drug-likeness (QED) is 0.209. The van der Waals surface area contributed by atoms with E-state index in [1.165, 1.54) is 6.33 Å². The smallest absolute Gasteiger partial charge is 0.164 e. The molecule has 1 atom stereocenters. The molecule has 3 heterocycles. The number of hydrogen-bond acceptors (Lipinski definition) is 9. The van der Waals surface area contributed by atoms with Crippen LogP contribution in [0.4, 0.5) is 5.82 Å². The second kappa shape index (κ2) is 11.6. The number of carbonyl (C=O) groups excluding carboxylic acids is 1. The van der Waals surface area contributed by atoms with Crippen molar-refractivity contribution in [3.05, 3.63) is 78.4 Å². The van der Waals surface area contributed by atoms with Crippen LogP contribution >= 0.6 is 0 Å². The molecule has 5 aromatic rings. The van der Waals surface area contributed by atoms with E-state index in [9.17, 15) is 4.79 Å². The minimum Gasteiger partial charge on any atom is -0.457 e. The van der Waals surface area contributed by atoms with Crippen molar-refractivity contribution in [1.29, 1.82) is 0 Å². The third-order valence-electron chi connectivity index (χ3n) is 8.21. The first-order valence-corrected chi connectivity index (χ1v) is 14.7. The molecule has 0 bridgehead atoms. The second-order valence-corrected chi connectivity index (χ2v) is 12.4. The Morgan fingerprint density at radius 1 is 1.02 bits per heavy atom. The van der Waals surface area contributed by atoms with Gasteiger partial charge in [-0.1, -0.05) is 44.1 Å². The molecule has 1 aliphatic carbocycles. The lowest BCUT2D eigenvalue weighted by Crippen LogP contribution is -2.26. The molecule has 0 spiro atoms. The molecule has 10 heteroatoms. The molecular weight excluding hydrogens is 542 g/mol. The Hall–Kier alpha value is -4.57. The number of carbonyl (C=O) groups is 1. The number of ketones is 1. The van der Waals surface area contributed by atoms with Crippen LogP contribution in [0.5, 0.6) is 11.5 Å². The van der Waals surface area contributed by atoms with Crippen LogP contribution in [0.3, 0.4) is 0 Å². The van der Waals surface area contributed by atoms with Crippen LogP contribution in [0.1, 0.15) is 76.4 Å². The van der Waals surface area contributed by atoms with Gasteiger partial charge in [-0.05, 0) is 68.0 Å². The van der Waals surface area contributed by atoms with Crippen LogP contribution in [0.2, 0.25) is 0 Å². The maximum atomic E-state index is 13.1. The van der Waals surface area contributed by atoms with Crippen molar-refractivity contribution in [3.63, 3.8) is 0 Å². The summed E-state index contributed by atoms with van der Waals surface area (Å²) in [5.74, 6) is 2.86. The van der Waals surface area contributed by atoms with Gasteiger partial charge in [-0.25, -0.2) is 14.6 Å². The summed E-state index contributed by atoms with van der Waals surface area (Å²) >= 11 is 0. The zero-order valence-corrected chi connectivity index (χ0v) is 24.7. The van der Waals surface area contributed by atoms with Gasteiger partial charge < -0.3 is 20.7 Å². The van der Waals surface area contributed by atoms with Gasteiger partial charge in [0.05, 0.1) is 11.4 Å². The molecular formula is C33H37N7O3. The summed E-state index contributed by atoms with van der Waals surface area (Å²) in [5, 5.41) is 9.84. The average Bonchev–Trinajstić information content (AvgIpc) is 3.65. The second-order valence-electron chi connectivity index (χ2n) is 12.4. The Kier molecular flexibility index (Phi) is 7.70. The van der Waals surface area contributed by atoms with Crippen molar-refractivity contribution in [1.82, 2.24) is 24.9 Å². The molecule has 0 radical (unpaired) electrons. The lowest BCUT2D eigenvalue weighted by atomic mass is 9.82. The highest BCUT2D eigenvalue weighted by atomic mass is 16.5. The number of ether oxygens (including phenoxy) is 1. The SMILES string of the molecule is CC(C)(C)c1cc([C@H](N)C(=O)CC2CCC(n3nc(-c4ccc(Oc5ccccc5)cc4)c4c(N)ncnc43)CC2)no1. The Morgan fingerprint density at radius 2 is 1.72 bits per heavy atom. The fourth-order valence-electron chi connectivity index (χ4n) is 5.72. The van der Waals surface area contributed by atoms with E-state index in [1.807, 2.05) is 80.1 Å². The van der Waals surface area contributed by atoms with Crippen LogP contribution < -0.4 is 16.2 Å². The van der Waals surface area contributed by atoms with Gasteiger partial charge in [0.15, 0.2) is 11.4 Å². The molecule has 4 N–H and O–H groups in total. The van der Waals surface area contributed by atoms with E-state index in [-0.39, 0.29) is 23.2 Å². The standard InChI is InChI=1S/C33H37N7O3/c1-33(2,3)27-18-25(39-43-27)29(34)26(41)17-20-9-13-22(14-10-20)40-32-28(31(35)36-19-37-32)30(38-40)21-11-15-24(16-12-21)42-23-7-5-4-6-8-23/h4-8,11-12,15-16,18-20,22,29H,9-10,13-14,17,34H2,1-3H3,(H2,35,36,37)/t20?,22?,29-/m0/s1. The minimum absolute atomic E-state index is 0.00996. The Bertz CT molecular complexity index is 1710. The van der Waals surface area contributed by atoms with Crippen LogP contribution in [0.15, 0.2) is 71.5 Å². The number of anilines is 1. The first-order valence-electron chi connectivity index (χ1n) is 14.7. The van der Waals surface area contributed by atoms with Crippen molar-refractivity contribution >= 4 is 22.6 Å². The summed E-state index contributed by atoms with van der Waals surface area (Å²) in [6.45, 7) is 6.10. The van der Waals surface area contributed by atoms with Gasteiger partial charge in [0.25, 0.3) is 0 Å². The molecule has 1 aliphatic rings. The molecule has 43 heavy (non-hydrogen) atoms. The number of hydrogen-bond donors (Lipinski definition) is 2. The van der Waals surface area contributed by atoms with Crippen molar-refractivity contribution < 1.29 is 14.1 Å². The molecule has 10 nitrogen and oxygen atoms in total. The molecule has 0 saturated heterocycles. The minimum atomic E-state index is -0.778. The molecule has 1 fully saturated rings. The van der Waals surface area contributed by atoms with E-state index in [0.29, 0.717) is 23.6 Å². The molecule has 0 amide bonds. The van der Waals surface area contributed by atoms with E-state index in [1.54, 1.807) is 6.07 Å². The highest BCUT2D eigenvalue weighted by Gasteiger charge is 2.31. The maximum Gasteiger partial charge on any atom is 0.164 e. The number of fused-ring (bicyclic) bond motifs is 1. The van der Waals surface area contributed by atoms with Crippen LogP contribution in [0.25, 0.3) is 22.3 Å². The average molecular weight is 580 g/mol. The summed E-state index contributed by atoms with van der Waals surface area (Å²) in [5.41, 5.74) is 15.3. The number of para-hydroxylation sites is 1. The van der Waals surface area contributed by atoms with Crippen LogP contribution in [-0.4, -0.2) is 30.7 Å². The predicted octanol–water partition coefficient (Wildman–Crippen LogP) is 6.54. The number of aromatic nitrogens is 5. The zero-order valence-electron chi connectivity index (χ0n) is 24.7. The van der Waals surface area contributed by atoms with Crippen LogP contribution in [-0.2, 0) is 10.2 Å². The maximum absolute atomic E-state index is 13.1. The summed E-state index contributed by atoms with van der Waals surface area (Å²) in [7, 11) is 0. The third-order valence-corrected chi connectivity index (χ3v) is 8.21. The summed E-state index contributed by atoms with van der Waals surface area (Å²) < 4.78 is 13.4. The summed E-state index contributed by atoms with van der Waals surface area (Å²) in [6.07, 6.45) is 5.42. The van der Waals surface area contributed by atoms with Crippen molar-refractivity contribution in [2.24, 2.45) is 11.7 Å². The molecule has 0 unspecified atom stereocenters. The number of Topliss-reactive ketones (excluding diaryl/α,β-unsaturated/α-hetero) is 1. The van der Waals surface area contributed by atoms with Crippen molar-refractivity contribution in [3.8, 4) is 22.8 Å². The number of nitrogens with two attached hydrogens (primary N) is 2. The van der Waals surface area contributed by atoms with Crippen LogP contribution in [0, 0.1) is 5.92 Å². The monoisotopic (exact) mass is 579 g/mol. The Balaban J connectivity index is 1.15. The number of nitrogen functional groups attached to an aromatic ring is 1. The largest absolute Gasteiger partial charge is 0.457 e. The van der Waals surface area contributed by atoms with Gasteiger partial charge in [0, 0.05) is 23.5 Å². The molecule has 1 saturated carbocycles. The lowest BCUT2D eigenvalue weighted by molar-refractivity contribution is -0.121. The van der Waals surface area contributed by atoms with E-state index < -0.39 is 6.04 Å². The molecule has 0 aliphatic heterocycles. The summed E-state index contributed by atoms with van der Waals surface area (Å²) in [6, 6.07) is 18.6. The van der Waals surface area contributed by atoms with Gasteiger partial charge in [0.2, 0.25) is 0 Å². The van der Waals surface area contributed by atoms with Gasteiger partial charge in [-0.2, -0.15) is 5.10 Å². The lowest BCUT2D eigenvalue weighted by Gasteiger charge is -2.29. The van der Waals surface area contributed by atoms with Gasteiger partial charge >= 0.3 is 0 Å². The van der Waals surface area contributed by atoms with E-state index in [0.717, 1.165) is 59.6 Å². The molecule has 2 aromatic carbocycles. The first kappa shape index (κ1) is 28.5. The van der Waals surface area contributed by atoms with Gasteiger partial charge in [-0.3, -0.25) is 4.79 Å². The van der Waals surface area contributed by atoms with E-state index in [2.05, 4.69) is 15.1 Å². The first-order chi connectivity index (χ1) is 20.7. The normalized spacial score (nSPS) is 18.0. The topological polar surface area (TPSA) is 148 Å². The molecule has 6 rings (SSSR count). The Labute approximate surface area is 250 Å². The fourth-order valence-corrected chi connectivity index (χ4v) is 5.72. The van der Waals surface area contributed by atoms with Crippen molar-refractivity contribution in [2.75, 3.05) is 5.73 Å². The number of benzene rings is 2. The van der Waals surface area contributed by atoms with E-state index in [4.69, 9.17) is 25.8 Å². The van der Waals surface area contributed by atoms with Crippen molar-refractivity contribution in [2.45, 2.75) is 70.4 Å². The zero-order chi connectivity index (χ0) is 30.1. The molecule has 3 aromatic heterocycles. The highest BCUT2D eigenvalue weighted by molar-refractivity contribution is 5.98. The third kappa shape index (κ3) is 6.01. The van der Waals surface area contributed by atoms with Gasteiger partial charge in [0.1, 0.15) is 46.8 Å². The van der Waals surface area contributed by atoms with E-state index >= 15 is 0 Å². The number of nitrogens with zero attached hydrogens (tertiary/aromatic N) is 5. The predicted molar refractivity (Wildman–Crippen MR) is 164 cm³/mol. The number of rotatable bonds is 8. The van der Waals surface area contributed by atoms with Gasteiger partial charge in [-0.15, -0.1) is 0 Å². The fraction of sp³-hybridized carbons (Fsp3) is 0.364. The Morgan fingerprint density at radius 3 is 2.40 bits per heavy atom. The molecule has 222 valence electrons.